The zero-order chi connectivity index (χ0) is 27.4. The van der Waals surface area contributed by atoms with Gasteiger partial charge in [0.05, 0.1) is 31.7 Å². The van der Waals surface area contributed by atoms with Gasteiger partial charge >= 0.3 is 0 Å². The lowest BCUT2D eigenvalue weighted by molar-refractivity contribution is -0.276. The number of halogens is 2. The van der Waals surface area contributed by atoms with Crippen LogP contribution < -0.4 is 5.32 Å². The molecular formula is C30H29Cl2N3O4. The number of aliphatic hydroxyl groups is 1. The molecule has 0 spiro atoms. The SMILES string of the molecule is C[C@@H]1[C@H](Cn2cnc(Cl)c2Cl)O[C@H](c2ccc(CNC(=O)c3ccccc3)cc2)O[C@@H]1c1ccc(CO)cc1. The summed E-state index contributed by atoms with van der Waals surface area (Å²) in [5, 5.41) is 13.0. The summed E-state index contributed by atoms with van der Waals surface area (Å²) in [7, 11) is 0. The number of aliphatic hydroxyl groups excluding tert-OH is 1. The van der Waals surface area contributed by atoms with E-state index < -0.39 is 6.29 Å². The van der Waals surface area contributed by atoms with Crippen molar-refractivity contribution in [3.05, 3.63) is 123 Å². The van der Waals surface area contributed by atoms with E-state index in [2.05, 4.69) is 17.2 Å². The van der Waals surface area contributed by atoms with Crippen LogP contribution in [0.1, 0.15) is 51.9 Å². The lowest BCUT2D eigenvalue weighted by Crippen LogP contribution is -2.39. The van der Waals surface area contributed by atoms with Crippen molar-refractivity contribution in [1.29, 1.82) is 0 Å². The number of carbonyl (C=O) groups excluding carboxylic acids is 1. The van der Waals surface area contributed by atoms with Crippen molar-refractivity contribution in [2.45, 2.75) is 45.1 Å². The Kier molecular flexibility index (Phi) is 8.65. The Morgan fingerprint density at radius 2 is 1.62 bits per heavy atom. The third-order valence-corrected chi connectivity index (χ3v) is 7.74. The van der Waals surface area contributed by atoms with Gasteiger partial charge in [-0.2, -0.15) is 0 Å². The molecule has 1 saturated heterocycles. The fourth-order valence-electron chi connectivity index (χ4n) is 4.66. The fraction of sp³-hybridized carbons (Fsp3) is 0.267. The van der Waals surface area contributed by atoms with Crippen LogP contribution in [0.4, 0.5) is 0 Å². The number of amides is 1. The quantitative estimate of drug-likeness (QED) is 0.269. The summed E-state index contributed by atoms with van der Waals surface area (Å²) in [4.78, 5) is 16.5. The average Bonchev–Trinajstić information content (AvgIpc) is 3.30. The van der Waals surface area contributed by atoms with Gasteiger partial charge in [-0.1, -0.05) is 96.9 Å². The van der Waals surface area contributed by atoms with E-state index in [9.17, 15) is 9.90 Å². The number of hydrogen-bond donors (Lipinski definition) is 2. The Hall–Kier alpha value is -3.20. The molecule has 0 bridgehead atoms. The predicted molar refractivity (Wildman–Crippen MR) is 149 cm³/mol. The molecule has 0 unspecified atom stereocenters. The van der Waals surface area contributed by atoms with Crippen LogP contribution in [-0.4, -0.2) is 26.7 Å². The molecule has 0 radical (unpaired) electrons. The second-order valence-corrected chi connectivity index (χ2v) is 10.3. The van der Waals surface area contributed by atoms with Gasteiger partial charge in [0.25, 0.3) is 5.91 Å². The molecule has 1 fully saturated rings. The van der Waals surface area contributed by atoms with E-state index in [0.29, 0.717) is 23.8 Å². The number of benzene rings is 3. The monoisotopic (exact) mass is 565 g/mol. The number of aromatic nitrogens is 2. The van der Waals surface area contributed by atoms with Crippen LogP contribution in [0.2, 0.25) is 10.3 Å². The van der Waals surface area contributed by atoms with Crippen molar-refractivity contribution in [3.8, 4) is 0 Å². The summed E-state index contributed by atoms with van der Waals surface area (Å²) in [5.74, 6) is -0.144. The molecule has 1 aliphatic heterocycles. The van der Waals surface area contributed by atoms with Gasteiger partial charge in [0.2, 0.25) is 0 Å². The minimum Gasteiger partial charge on any atom is -0.392 e. The van der Waals surface area contributed by atoms with E-state index in [1.807, 2.05) is 66.7 Å². The smallest absolute Gasteiger partial charge is 0.251 e. The molecular weight excluding hydrogens is 537 g/mol. The summed E-state index contributed by atoms with van der Waals surface area (Å²) < 4.78 is 14.7. The molecule has 2 N–H and O–H groups in total. The van der Waals surface area contributed by atoms with Gasteiger partial charge in [0, 0.05) is 23.6 Å². The molecule has 1 aromatic heterocycles. The van der Waals surface area contributed by atoms with E-state index in [-0.39, 0.29) is 35.8 Å². The zero-order valence-corrected chi connectivity index (χ0v) is 22.8. The van der Waals surface area contributed by atoms with Gasteiger partial charge in [-0.3, -0.25) is 4.79 Å². The van der Waals surface area contributed by atoms with Gasteiger partial charge in [0.1, 0.15) is 5.15 Å². The molecule has 4 aromatic rings. The highest BCUT2D eigenvalue weighted by Crippen LogP contribution is 2.42. The van der Waals surface area contributed by atoms with E-state index in [1.165, 1.54) is 0 Å². The van der Waals surface area contributed by atoms with Gasteiger partial charge in [-0.05, 0) is 28.8 Å². The first-order valence-electron chi connectivity index (χ1n) is 12.7. The summed E-state index contributed by atoms with van der Waals surface area (Å²) in [5.41, 5.74) is 4.27. The summed E-state index contributed by atoms with van der Waals surface area (Å²) >= 11 is 12.4. The molecule has 7 nitrogen and oxygen atoms in total. The predicted octanol–water partition coefficient (Wildman–Crippen LogP) is 6.10. The second kappa shape index (κ2) is 12.3. The van der Waals surface area contributed by atoms with E-state index in [4.69, 9.17) is 32.7 Å². The first-order chi connectivity index (χ1) is 18.9. The molecule has 0 saturated carbocycles. The third kappa shape index (κ3) is 6.35. The normalized spacial score (nSPS) is 21.0. The van der Waals surface area contributed by atoms with Crippen LogP contribution >= 0.6 is 23.2 Å². The van der Waals surface area contributed by atoms with Crippen LogP contribution in [0.25, 0.3) is 0 Å². The number of nitrogens with one attached hydrogen (secondary N) is 1. The first-order valence-corrected chi connectivity index (χ1v) is 13.5. The fourth-order valence-corrected chi connectivity index (χ4v) is 4.97. The molecule has 5 rings (SSSR count). The average molecular weight is 566 g/mol. The van der Waals surface area contributed by atoms with Crippen molar-refractivity contribution in [2.24, 2.45) is 5.92 Å². The minimum atomic E-state index is -0.626. The Balaban J connectivity index is 1.34. The molecule has 202 valence electrons. The topological polar surface area (TPSA) is 85.6 Å². The number of hydrogen-bond acceptors (Lipinski definition) is 5. The molecule has 1 aliphatic rings. The number of nitrogens with zero attached hydrogens (tertiary/aromatic N) is 2. The van der Waals surface area contributed by atoms with Crippen LogP contribution in [0.3, 0.4) is 0 Å². The lowest BCUT2D eigenvalue weighted by atomic mass is 9.90. The van der Waals surface area contributed by atoms with Gasteiger partial charge in [-0.15, -0.1) is 0 Å². The van der Waals surface area contributed by atoms with E-state index in [0.717, 1.165) is 22.3 Å². The van der Waals surface area contributed by atoms with Crippen molar-refractivity contribution < 1.29 is 19.4 Å². The molecule has 9 heteroatoms. The Morgan fingerprint density at radius 1 is 0.949 bits per heavy atom. The summed E-state index contributed by atoms with van der Waals surface area (Å²) in [6.45, 7) is 2.92. The van der Waals surface area contributed by atoms with Crippen molar-refractivity contribution in [1.82, 2.24) is 14.9 Å². The maximum atomic E-state index is 12.4. The Labute approximate surface area is 237 Å². The van der Waals surface area contributed by atoms with Gasteiger partial charge < -0.3 is 24.5 Å². The number of ether oxygens (including phenoxy) is 2. The standard InChI is InChI=1S/C30H29Cl2N3O4/c1-19-25(16-35-18-34-27(31)28(35)32)38-30(39-26(19)22-11-9-21(17-36)10-12-22)24-13-7-20(8-14-24)15-33-29(37)23-5-3-2-4-6-23/h2-14,18-19,25-26,30,36H,15-17H2,1H3,(H,33,37)/t19-,25+,26+,30+/m1/s1. The summed E-state index contributed by atoms with van der Waals surface area (Å²) in [6.07, 6.45) is 0.469. The van der Waals surface area contributed by atoms with Gasteiger partial charge in [0.15, 0.2) is 11.4 Å². The largest absolute Gasteiger partial charge is 0.392 e. The van der Waals surface area contributed by atoms with E-state index in [1.54, 1.807) is 23.0 Å². The molecule has 2 heterocycles. The van der Waals surface area contributed by atoms with E-state index >= 15 is 0 Å². The molecule has 0 aliphatic carbocycles. The van der Waals surface area contributed by atoms with Crippen LogP contribution in [0.15, 0.2) is 85.2 Å². The first kappa shape index (κ1) is 27.4. The third-order valence-electron chi connectivity index (χ3n) is 6.97. The Bertz CT molecular complexity index is 1390. The van der Waals surface area contributed by atoms with Crippen molar-refractivity contribution in [2.75, 3.05) is 0 Å². The Morgan fingerprint density at radius 3 is 2.26 bits per heavy atom. The molecule has 3 aromatic carbocycles. The van der Waals surface area contributed by atoms with Gasteiger partial charge in [-0.25, -0.2) is 4.98 Å². The van der Waals surface area contributed by atoms with Crippen LogP contribution in [0.5, 0.6) is 0 Å². The lowest BCUT2D eigenvalue weighted by Gasteiger charge is -2.41. The number of imidazole rings is 1. The molecule has 4 atom stereocenters. The maximum absolute atomic E-state index is 12.4. The van der Waals surface area contributed by atoms with Crippen molar-refractivity contribution >= 4 is 29.1 Å². The van der Waals surface area contributed by atoms with Crippen LogP contribution in [0, 0.1) is 5.92 Å². The summed E-state index contributed by atoms with van der Waals surface area (Å²) in [6, 6.07) is 24.7. The molecule has 39 heavy (non-hydrogen) atoms. The van der Waals surface area contributed by atoms with Crippen molar-refractivity contribution in [3.63, 3.8) is 0 Å². The highest BCUT2D eigenvalue weighted by molar-refractivity contribution is 6.40. The van der Waals surface area contributed by atoms with Crippen LogP contribution in [-0.2, 0) is 29.2 Å². The highest BCUT2D eigenvalue weighted by atomic mass is 35.5. The highest BCUT2D eigenvalue weighted by Gasteiger charge is 2.38. The second-order valence-electron chi connectivity index (χ2n) is 9.59. The zero-order valence-electron chi connectivity index (χ0n) is 21.3. The number of rotatable bonds is 8. The maximum Gasteiger partial charge on any atom is 0.251 e. The molecule has 1 amide bonds. The minimum absolute atomic E-state index is 0.0201. The number of carbonyl (C=O) groups is 1.